The fraction of sp³-hybridized carbons (Fsp3) is 0.412. The molecule has 0 spiro atoms. The summed E-state index contributed by atoms with van der Waals surface area (Å²) in [5, 5.41) is 7.68. The van der Waals surface area contributed by atoms with Crippen molar-refractivity contribution in [1.29, 1.82) is 0 Å². The van der Waals surface area contributed by atoms with E-state index < -0.39 is 11.9 Å². The van der Waals surface area contributed by atoms with Gasteiger partial charge in [0, 0.05) is 39.0 Å². The van der Waals surface area contributed by atoms with Crippen molar-refractivity contribution in [3.8, 4) is 0 Å². The number of ether oxygens (including phenoxy) is 1. The number of halogens is 4. The van der Waals surface area contributed by atoms with Crippen LogP contribution in [0.5, 0.6) is 0 Å². The molecule has 0 amide bonds. The zero-order valence-corrected chi connectivity index (χ0v) is 18.1. The molecule has 0 aliphatic carbocycles. The molecule has 1 heterocycles. The molecule has 1 aromatic carbocycles. The molecule has 27 heavy (non-hydrogen) atoms. The lowest BCUT2D eigenvalue weighted by Crippen LogP contribution is -2.40. The number of rotatable bonds is 7. The van der Waals surface area contributed by atoms with E-state index >= 15 is 0 Å². The Morgan fingerprint density at radius 1 is 1.26 bits per heavy atom. The first-order valence-corrected chi connectivity index (χ1v) is 8.86. The number of aromatic nitrogens is 1. The summed E-state index contributed by atoms with van der Waals surface area (Å²) in [4.78, 5) is 7.71. The minimum Gasteiger partial charge on any atom is -0.375 e. The largest absolute Gasteiger partial charge is 0.434 e. The Labute approximate surface area is 177 Å². The van der Waals surface area contributed by atoms with Crippen molar-refractivity contribution in [2.75, 3.05) is 27.2 Å². The van der Waals surface area contributed by atoms with E-state index in [0.29, 0.717) is 30.5 Å². The summed E-state index contributed by atoms with van der Waals surface area (Å²) in [6, 6.07) is 9.78. The topological polar surface area (TPSA) is 58.5 Å². The predicted molar refractivity (Wildman–Crippen MR) is 112 cm³/mol. The Morgan fingerprint density at radius 3 is 2.52 bits per heavy atom. The maximum atomic E-state index is 12.5. The second-order valence-corrected chi connectivity index (χ2v) is 6.33. The van der Waals surface area contributed by atoms with Crippen molar-refractivity contribution in [1.82, 2.24) is 15.6 Å². The summed E-state index contributed by atoms with van der Waals surface area (Å²) in [6.45, 7) is 0.934. The number of nitrogens with one attached hydrogen (secondary N) is 2. The van der Waals surface area contributed by atoms with Gasteiger partial charge in [0.05, 0.1) is 11.1 Å². The molecule has 0 saturated carbocycles. The van der Waals surface area contributed by atoms with Crippen molar-refractivity contribution < 1.29 is 17.9 Å². The summed E-state index contributed by atoms with van der Waals surface area (Å²) in [5.74, 6) is 0.551. The molecule has 0 saturated heterocycles. The summed E-state index contributed by atoms with van der Waals surface area (Å²) in [5.41, 5.74) is 0.200. The van der Waals surface area contributed by atoms with E-state index in [1.165, 1.54) is 0 Å². The lowest BCUT2D eigenvalue weighted by molar-refractivity contribution is -0.140. The third-order valence-corrected chi connectivity index (χ3v) is 4.52. The van der Waals surface area contributed by atoms with Crippen LogP contribution in [0.15, 0.2) is 40.7 Å². The Balaban J connectivity index is 0.00000364. The fourth-order valence-corrected chi connectivity index (χ4v) is 3.06. The van der Waals surface area contributed by atoms with Gasteiger partial charge >= 0.3 is 6.18 Å². The highest BCUT2D eigenvalue weighted by molar-refractivity contribution is 14.0. The van der Waals surface area contributed by atoms with Crippen LogP contribution in [0.2, 0.25) is 0 Å². The zero-order chi connectivity index (χ0) is 19.0. The Kier molecular flexibility index (Phi) is 10.0. The van der Waals surface area contributed by atoms with Crippen LogP contribution in [0.1, 0.15) is 22.4 Å². The third-order valence-electron chi connectivity index (χ3n) is 3.61. The van der Waals surface area contributed by atoms with Gasteiger partial charge in [-0.05, 0) is 5.56 Å². The van der Waals surface area contributed by atoms with Gasteiger partial charge in [-0.2, -0.15) is 13.2 Å². The second kappa shape index (κ2) is 11.4. The van der Waals surface area contributed by atoms with E-state index in [1.54, 1.807) is 14.2 Å². The number of hydrogen-bond donors (Lipinski definition) is 2. The first-order chi connectivity index (χ1) is 12.4. The molecule has 5 nitrogen and oxygen atoms in total. The number of guanidine groups is 1. The van der Waals surface area contributed by atoms with Crippen LogP contribution in [0.25, 0.3) is 0 Å². The highest BCUT2D eigenvalue weighted by Gasteiger charge is 2.33. The van der Waals surface area contributed by atoms with Crippen molar-refractivity contribution in [3.63, 3.8) is 0 Å². The van der Waals surface area contributed by atoms with Crippen molar-refractivity contribution in [2.45, 2.75) is 18.7 Å². The maximum Gasteiger partial charge on any atom is 0.434 e. The van der Waals surface area contributed by atoms with E-state index in [2.05, 4.69) is 20.6 Å². The highest BCUT2D eigenvalue weighted by atomic mass is 127. The molecule has 2 rings (SSSR count). The molecule has 2 aromatic rings. The standard InChI is InChI=1S/C17H21F3N4OS.HI/c1-21-16(23-10-13(25-2)12-6-4-3-5-7-12)22-9-8-15-24-14(11-26-15)17(18,19)20;/h3-7,11,13H,8-10H2,1-2H3,(H2,21,22,23);1H. The normalized spacial score (nSPS) is 13.0. The monoisotopic (exact) mass is 514 g/mol. The molecular weight excluding hydrogens is 492 g/mol. The number of thiazole rings is 1. The SMILES string of the molecule is CN=C(NCCc1nc(C(F)(F)F)cs1)NCC(OC)c1ccccc1.I. The Hall–Kier alpha value is -1.40. The molecule has 2 N–H and O–H groups in total. The number of alkyl halides is 3. The zero-order valence-electron chi connectivity index (χ0n) is 14.9. The lowest BCUT2D eigenvalue weighted by atomic mass is 10.1. The van der Waals surface area contributed by atoms with Gasteiger partial charge < -0.3 is 15.4 Å². The van der Waals surface area contributed by atoms with E-state index in [4.69, 9.17) is 4.74 Å². The fourth-order valence-electron chi connectivity index (χ4n) is 2.26. The number of nitrogens with zero attached hydrogens (tertiary/aromatic N) is 2. The lowest BCUT2D eigenvalue weighted by Gasteiger charge is -2.18. The van der Waals surface area contributed by atoms with Crippen LogP contribution in [-0.2, 0) is 17.3 Å². The third kappa shape index (κ3) is 7.62. The van der Waals surface area contributed by atoms with Crippen LogP contribution >= 0.6 is 35.3 Å². The average Bonchev–Trinajstić information content (AvgIpc) is 3.11. The summed E-state index contributed by atoms with van der Waals surface area (Å²) in [7, 11) is 3.26. The van der Waals surface area contributed by atoms with E-state index in [-0.39, 0.29) is 30.1 Å². The van der Waals surface area contributed by atoms with Gasteiger partial charge in [-0.15, -0.1) is 35.3 Å². The second-order valence-electron chi connectivity index (χ2n) is 5.39. The number of hydrogen-bond acceptors (Lipinski definition) is 4. The molecule has 150 valence electrons. The van der Waals surface area contributed by atoms with Gasteiger partial charge in [0.2, 0.25) is 0 Å². The van der Waals surface area contributed by atoms with Crippen molar-refractivity contribution in [3.05, 3.63) is 52.0 Å². The van der Waals surface area contributed by atoms with E-state index in [9.17, 15) is 13.2 Å². The van der Waals surface area contributed by atoms with Crippen LogP contribution in [0.3, 0.4) is 0 Å². The molecule has 1 aromatic heterocycles. The summed E-state index contributed by atoms with van der Waals surface area (Å²) < 4.78 is 43.1. The van der Waals surface area contributed by atoms with Gasteiger partial charge in [-0.3, -0.25) is 4.99 Å². The molecule has 1 atom stereocenters. The molecule has 0 radical (unpaired) electrons. The minimum atomic E-state index is -4.40. The average molecular weight is 514 g/mol. The first-order valence-electron chi connectivity index (χ1n) is 7.98. The van der Waals surface area contributed by atoms with Crippen LogP contribution in [0.4, 0.5) is 13.2 Å². The number of methoxy groups -OCH3 is 1. The molecule has 0 aliphatic heterocycles. The molecule has 0 bridgehead atoms. The quantitative estimate of drug-likeness (QED) is 0.335. The number of benzene rings is 1. The van der Waals surface area contributed by atoms with Crippen LogP contribution in [-0.4, -0.2) is 38.2 Å². The molecule has 0 aliphatic rings. The number of aliphatic imine (C=N–C) groups is 1. The summed E-state index contributed by atoms with van der Waals surface area (Å²) >= 11 is 1.00. The maximum absolute atomic E-state index is 12.5. The predicted octanol–water partition coefficient (Wildman–Crippen LogP) is 3.88. The first kappa shape index (κ1) is 23.6. The highest BCUT2D eigenvalue weighted by Crippen LogP contribution is 2.30. The van der Waals surface area contributed by atoms with E-state index in [1.807, 2.05) is 30.3 Å². The van der Waals surface area contributed by atoms with Crippen molar-refractivity contribution in [2.24, 2.45) is 4.99 Å². The Morgan fingerprint density at radius 2 is 1.96 bits per heavy atom. The van der Waals surface area contributed by atoms with Crippen LogP contribution in [0, 0.1) is 0 Å². The minimum absolute atomic E-state index is 0. The van der Waals surface area contributed by atoms with Crippen LogP contribution < -0.4 is 10.6 Å². The Bertz CT molecular complexity index is 710. The van der Waals surface area contributed by atoms with Gasteiger partial charge in [0.15, 0.2) is 11.7 Å². The van der Waals surface area contributed by atoms with E-state index in [0.717, 1.165) is 22.3 Å². The molecule has 10 heteroatoms. The van der Waals surface area contributed by atoms with Gasteiger partial charge in [0.25, 0.3) is 0 Å². The molecular formula is C17H22F3IN4OS. The van der Waals surface area contributed by atoms with Gasteiger partial charge in [-0.25, -0.2) is 4.98 Å². The smallest absolute Gasteiger partial charge is 0.375 e. The molecule has 1 unspecified atom stereocenters. The summed E-state index contributed by atoms with van der Waals surface area (Å²) in [6.07, 6.45) is -4.15. The van der Waals surface area contributed by atoms with Gasteiger partial charge in [0.1, 0.15) is 0 Å². The molecule has 0 fully saturated rings. The van der Waals surface area contributed by atoms with Gasteiger partial charge in [-0.1, -0.05) is 30.3 Å². The van der Waals surface area contributed by atoms with Crippen molar-refractivity contribution >= 4 is 41.3 Å².